The number of methoxy groups -OCH3 is 1. The first-order valence-electron chi connectivity index (χ1n) is 10.0. The van der Waals surface area contributed by atoms with Gasteiger partial charge in [-0.15, -0.1) is 11.3 Å². The Balaban J connectivity index is 1.63. The van der Waals surface area contributed by atoms with E-state index in [0.29, 0.717) is 16.5 Å². The predicted molar refractivity (Wildman–Crippen MR) is 113 cm³/mol. The van der Waals surface area contributed by atoms with Gasteiger partial charge in [-0.3, -0.25) is 4.79 Å². The largest absolute Gasteiger partial charge is 0.497 e. The molecule has 7 heteroatoms. The standard InChI is InChI=1S/C22H28N2O4S/c1-13-7-5-6-8-18(13)24-20(25)15(3)28-22(26)19-14(2)23-21(29-19)16-9-11-17(27-4)12-10-16/h9-13,15,18H,5-8H2,1-4H3,(H,24,25)/t13-,15+,18-/m0/s1. The zero-order valence-corrected chi connectivity index (χ0v) is 18.2. The Hall–Kier alpha value is -2.41. The average molecular weight is 417 g/mol. The maximum atomic E-state index is 12.6. The van der Waals surface area contributed by atoms with Crippen LogP contribution in [0.3, 0.4) is 0 Å². The number of nitrogens with one attached hydrogen (secondary N) is 1. The van der Waals surface area contributed by atoms with Crippen molar-refractivity contribution in [1.82, 2.24) is 10.3 Å². The summed E-state index contributed by atoms with van der Waals surface area (Å²) in [6.45, 7) is 5.54. The molecule has 0 aliphatic heterocycles. The molecule has 1 aromatic heterocycles. The summed E-state index contributed by atoms with van der Waals surface area (Å²) in [4.78, 5) is 30.0. The van der Waals surface area contributed by atoms with Crippen molar-refractivity contribution in [2.75, 3.05) is 7.11 Å². The van der Waals surface area contributed by atoms with E-state index in [1.807, 2.05) is 24.3 Å². The Morgan fingerprint density at radius 1 is 1.21 bits per heavy atom. The highest BCUT2D eigenvalue weighted by Gasteiger charge is 2.27. The van der Waals surface area contributed by atoms with E-state index >= 15 is 0 Å². The third-order valence-electron chi connectivity index (χ3n) is 5.41. The van der Waals surface area contributed by atoms with Gasteiger partial charge < -0.3 is 14.8 Å². The monoisotopic (exact) mass is 416 g/mol. The molecule has 1 N–H and O–H groups in total. The van der Waals surface area contributed by atoms with E-state index in [4.69, 9.17) is 9.47 Å². The summed E-state index contributed by atoms with van der Waals surface area (Å²) < 4.78 is 10.6. The highest BCUT2D eigenvalue weighted by molar-refractivity contribution is 7.17. The van der Waals surface area contributed by atoms with Crippen LogP contribution in [-0.4, -0.2) is 36.1 Å². The van der Waals surface area contributed by atoms with Crippen molar-refractivity contribution in [1.29, 1.82) is 0 Å². The van der Waals surface area contributed by atoms with Crippen LogP contribution in [0.15, 0.2) is 24.3 Å². The van der Waals surface area contributed by atoms with Crippen LogP contribution in [0.5, 0.6) is 5.75 Å². The zero-order chi connectivity index (χ0) is 21.0. The summed E-state index contributed by atoms with van der Waals surface area (Å²) in [6, 6.07) is 7.65. The van der Waals surface area contributed by atoms with E-state index < -0.39 is 12.1 Å². The molecule has 3 rings (SSSR count). The van der Waals surface area contributed by atoms with E-state index in [0.717, 1.165) is 35.6 Å². The Labute approximate surface area is 175 Å². The molecule has 1 saturated carbocycles. The van der Waals surface area contributed by atoms with E-state index in [1.54, 1.807) is 21.0 Å². The lowest BCUT2D eigenvalue weighted by Gasteiger charge is -2.30. The molecule has 2 aromatic rings. The molecule has 1 aliphatic rings. The number of hydrogen-bond acceptors (Lipinski definition) is 6. The van der Waals surface area contributed by atoms with E-state index in [2.05, 4.69) is 17.2 Å². The van der Waals surface area contributed by atoms with Gasteiger partial charge in [0.05, 0.1) is 12.8 Å². The quantitative estimate of drug-likeness (QED) is 0.708. The molecule has 0 unspecified atom stereocenters. The van der Waals surface area contributed by atoms with Gasteiger partial charge in [-0.2, -0.15) is 0 Å². The second kappa shape index (κ2) is 9.39. The first-order valence-corrected chi connectivity index (χ1v) is 10.8. The van der Waals surface area contributed by atoms with E-state index in [1.165, 1.54) is 17.8 Å². The van der Waals surface area contributed by atoms with Crippen molar-refractivity contribution in [3.8, 4) is 16.3 Å². The predicted octanol–water partition coefficient (Wildman–Crippen LogP) is 4.37. The van der Waals surface area contributed by atoms with Crippen LogP contribution in [0.4, 0.5) is 0 Å². The molecule has 0 bridgehead atoms. The van der Waals surface area contributed by atoms with Crippen LogP contribution in [-0.2, 0) is 9.53 Å². The number of hydrogen-bond donors (Lipinski definition) is 1. The molecule has 1 aliphatic carbocycles. The Morgan fingerprint density at radius 2 is 1.90 bits per heavy atom. The molecule has 3 atom stereocenters. The fourth-order valence-electron chi connectivity index (χ4n) is 3.54. The van der Waals surface area contributed by atoms with Crippen LogP contribution in [0.2, 0.25) is 0 Å². The lowest BCUT2D eigenvalue weighted by molar-refractivity contribution is -0.130. The third kappa shape index (κ3) is 5.15. The molecule has 1 amide bonds. The number of aromatic nitrogens is 1. The summed E-state index contributed by atoms with van der Waals surface area (Å²) in [5.74, 6) is 0.453. The van der Waals surface area contributed by atoms with Gasteiger partial charge in [0.2, 0.25) is 0 Å². The molecule has 0 saturated heterocycles. The molecule has 1 fully saturated rings. The number of amides is 1. The second-order valence-electron chi connectivity index (χ2n) is 7.59. The zero-order valence-electron chi connectivity index (χ0n) is 17.4. The fourth-order valence-corrected chi connectivity index (χ4v) is 4.50. The Morgan fingerprint density at radius 3 is 2.55 bits per heavy atom. The number of carbonyl (C=O) groups is 2. The number of esters is 1. The number of thiazole rings is 1. The van der Waals surface area contributed by atoms with Gasteiger partial charge in [0.1, 0.15) is 15.6 Å². The van der Waals surface area contributed by atoms with E-state index in [9.17, 15) is 9.59 Å². The van der Waals surface area contributed by atoms with Gasteiger partial charge in [-0.1, -0.05) is 19.8 Å². The second-order valence-corrected chi connectivity index (χ2v) is 8.59. The fraction of sp³-hybridized carbons (Fsp3) is 0.500. The van der Waals surface area contributed by atoms with Crippen molar-refractivity contribution < 1.29 is 19.1 Å². The first-order chi connectivity index (χ1) is 13.9. The molecule has 6 nitrogen and oxygen atoms in total. The van der Waals surface area contributed by atoms with Crippen molar-refractivity contribution in [2.45, 2.75) is 58.6 Å². The number of nitrogens with zero attached hydrogens (tertiary/aromatic N) is 1. The van der Waals surface area contributed by atoms with Gasteiger partial charge in [-0.25, -0.2) is 9.78 Å². The van der Waals surface area contributed by atoms with Gasteiger partial charge in [0.15, 0.2) is 6.10 Å². The summed E-state index contributed by atoms with van der Waals surface area (Å²) in [5, 5.41) is 3.77. The Kier molecular flexibility index (Phi) is 6.90. The number of carbonyl (C=O) groups excluding carboxylic acids is 2. The first kappa shape index (κ1) is 21.3. The summed E-state index contributed by atoms with van der Waals surface area (Å²) >= 11 is 1.27. The van der Waals surface area contributed by atoms with Gasteiger partial charge in [-0.05, 0) is 56.9 Å². The number of benzene rings is 1. The van der Waals surface area contributed by atoms with Crippen LogP contribution in [0.1, 0.15) is 54.9 Å². The third-order valence-corrected chi connectivity index (χ3v) is 6.60. The minimum absolute atomic E-state index is 0.157. The lowest BCUT2D eigenvalue weighted by atomic mass is 9.86. The van der Waals surface area contributed by atoms with Crippen molar-refractivity contribution in [3.05, 3.63) is 34.8 Å². The highest BCUT2D eigenvalue weighted by atomic mass is 32.1. The Bertz CT molecular complexity index is 862. The maximum absolute atomic E-state index is 12.6. The molecule has 0 radical (unpaired) electrons. The number of aryl methyl sites for hydroxylation is 1. The van der Waals surface area contributed by atoms with Crippen molar-refractivity contribution in [3.63, 3.8) is 0 Å². The number of ether oxygens (including phenoxy) is 2. The van der Waals surface area contributed by atoms with Crippen LogP contribution in [0, 0.1) is 12.8 Å². The molecule has 0 spiro atoms. The van der Waals surface area contributed by atoms with Crippen LogP contribution >= 0.6 is 11.3 Å². The molecule has 29 heavy (non-hydrogen) atoms. The summed E-state index contributed by atoms with van der Waals surface area (Å²) in [5.41, 5.74) is 1.49. The summed E-state index contributed by atoms with van der Waals surface area (Å²) in [6.07, 6.45) is 3.58. The van der Waals surface area contributed by atoms with E-state index in [-0.39, 0.29) is 11.9 Å². The van der Waals surface area contributed by atoms with Crippen molar-refractivity contribution in [2.24, 2.45) is 5.92 Å². The van der Waals surface area contributed by atoms with Gasteiger partial charge in [0.25, 0.3) is 5.91 Å². The molecule has 1 heterocycles. The molecular formula is C22H28N2O4S. The van der Waals surface area contributed by atoms with Gasteiger partial charge >= 0.3 is 5.97 Å². The number of rotatable bonds is 6. The van der Waals surface area contributed by atoms with Crippen molar-refractivity contribution >= 4 is 23.2 Å². The SMILES string of the molecule is COc1ccc(-c2nc(C)c(C(=O)O[C@H](C)C(=O)N[C@H]3CCCC[C@@H]3C)s2)cc1. The van der Waals surface area contributed by atoms with Gasteiger partial charge in [0, 0.05) is 11.6 Å². The lowest BCUT2D eigenvalue weighted by Crippen LogP contribution is -2.45. The normalized spacial score (nSPS) is 20.0. The molecular weight excluding hydrogens is 388 g/mol. The highest BCUT2D eigenvalue weighted by Crippen LogP contribution is 2.30. The average Bonchev–Trinajstić information content (AvgIpc) is 3.11. The smallest absolute Gasteiger partial charge is 0.351 e. The topological polar surface area (TPSA) is 77.5 Å². The maximum Gasteiger partial charge on any atom is 0.351 e. The minimum Gasteiger partial charge on any atom is -0.497 e. The molecule has 156 valence electrons. The summed E-state index contributed by atoms with van der Waals surface area (Å²) in [7, 11) is 1.61. The van der Waals surface area contributed by atoms with Crippen LogP contribution < -0.4 is 10.1 Å². The molecule has 1 aromatic carbocycles. The van der Waals surface area contributed by atoms with Crippen LogP contribution in [0.25, 0.3) is 10.6 Å². The minimum atomic E-state index is -0.845.